The molecule has 0 aliphatic rings. The van der Waals surface area contributed by atoms with Crippen molar-refractivity contribution in [3.63, 3.8) is 0 Å². The van der Waals surface area contributed by atoms with Crippen LogP contribution < -0.4 is 20.1 Å². The highest BCUT2D eigenvalue weighted by Crippen LogP contribution is 2.35. The molecule has 1 unspecified atom stereocenters. The summed E-state index contributed by atoms with van der Waals surface area (Å²) >= 11 is -2.70. The first-order valence-corrected chi connectivity index (χ1v) is 12.4. The number of anilines is 4. The topological polar surface area (TPSA) is 117 Å². The molecule has 0 amide bonds. The molecule has 0 saturated carbocycles. The minimum atomic E-state index is -2.70. The smallest absolute Gasteiger partial charge is 0.340 e. The van der Waals surface area contributed by atoms with Gasteiger partial charge in [-0.15, -0.1) is 0 Å². The Morgan fingerprint density at radius 3 is 2.32 bits per heavy atom. The largest absolute Gasteiger partial charge is 0.755 e. The maximum atomic E-state index is 12.6. The fraction of sp³-hybridized carbons (Fsp3) is 0.107. The molecule has 0 saturated heterocycles. The lowest BCUT2D eigenvalue weighted by Crippen LogP contribution is -2.22. The molecule has 3 N–H and O–H groups in total. The molecule has 190 valence electrons. The number of aryl methyl sites for hydroxylation is 1. The standard InChI is InChI=1S/C28H27N3O5S/c1-19-8-10-21(11-9-19)31(37(33)34)27-15-13-22(16-24(27)28(32)35-2)36-23-12-14-25(29)26(17-23)30-18-20-6-4-3-5-7-20/h3-17,30H,18,29H2,1-2H3,(H,33,34)/p-1. The van der Waals surface area contributed by atoms with E-state index < -0.39 is 17.2 Å². The van der Waals surface area contributed by atoms with Gasteiger partial charge < -0.3 is 25.1 Å². The van der Waals surface area contributed by atoms with Crippen LogP contribution in [0.3, 0.4) is 0 Å². The average Bonchev–Trinajstić information content (AvgIpc) is 2.91. The Labute approximate surface area is 218 Å². The number of esters is 1. The third-order valence-corrected chi connectivity index (χ3v) is 6.30. The average molecular weight is 517 g/mol. The van der Waals surface area contributed by atoms with Gasteiger partial charge in [0.15, 0.2) is 0 Å². The lowest BCUT2D eigenvalue weighted by molar-refractivity contribution is 0.0601. The highest BCUT2D eigenvalue weighted by atomic mass is 32.2. The lowest BCUT2D eigenvalue weighted by atomic mass is 10.1. The van der Waals surface area contributed by atoms with E-state index >= 15 is 0 Å². The summed E-state index contributed by atoms with van der Waals surface area (Å²) in [5, 5.41) is 3.30. The quantitative estimate of drug-likeness (QED) is 0.166. The van der Waals surface area contributed by atoms with Crippen molar-refractivity contribution < 1.29 is 23.0 Å². The summed E-state index contributed by atoms with van der Waals surface area (Å²) < 4.78 is 36.3. The van der Waals surface area contributed by atoms with Crippen molar-refractivity contribution in [3.05, 3.63) is 108 Å². The van der Waals surface area contributed by atoms with Crippen LogP contribution in [-0.2, 0) is 22.5 Å². The van der Waals surface area contributed by atoms with Crippen LogP contribution in [0, 0.1) is 6.92 Å². The molecule has 9 heteroatoms. The van der Waals surface area contributed by atoms with E-state index in [0.29, 0.717) is 35.1 Å². The first-order chi connectivity index (χ1) is 17.9. The molecule has 4 aromatic rings. The predicted molar refractivity (Wildman–Crippen MR) is 145 cm³/mol. The molecule has 1 atom stereocenters. The van der Waals surface area contributed by atoms with Crippen LogP contribution in [0.15, 0.2) is 91.0 Å². The third-order valence-electron chi connectivity index (χ3n) is 5.60. The second-order valence-corrected chi connectivity index (χ2v) is 9.01. The highest BCUT2D eigenvalue weighted by molar-refractivity contribution is 7.81. The van der Waals surface area contributed by atoms with Crippen molar-refractivity contribution in [2.45, 2.75) is 13.5 Å². The fourth-order valence-corrected chi connectivity index (χ4v) is 4.31. The molecular weight excluding hydrogens is 490 g/mol. The number of hydrogen-bond acceptors (Lipinski definition) is 7. The van der Waals surface area contributed by atoms with E-state index in [2.05, 4.69) is 5.32 Å². The predicted octanol–water partition coefficient (Wildman–Crippen LogP) is 5.70. The van der Waals surface area contributed by atoms with Gasteiger partial charge in [-0.2, -0.15) is 0 Å². The van der Waals surface area contributed by atoms with Crippen molar-refractivity contribution in [3.8, 4) is 11.5 Å². The van der Waals surface area contributed by atoms with Gasteiger partial charge in [-0.1, -0.05) is 48.0 Å². The zero-order chi connectivity index (χ0) is 26.4. The minimum absolute atomic E-state index is 0.0302. The van der Waals surface area contributed by atoms with Crippen LogP contribution in [0.2, 0.25) is 0 Å². The van der Waals surface area contributed by atoms with Gasteiger partial charge in [0.2, 0.25) is 0 Å². The number of methoxy groups -OCH3 is 1. The Bertz CT molecular complexity index is 1410. The summed E-state index contributed by atoms with van der Waals surface area (Å²) in [5.41, 5.74) is 10.00. The second-order valence-electron chi connectivity index (χ2n) is 8.21. The maximum absolute atomic E-state index is 12.6. The Morgan fingerprint density at radius 2 is 1.65 bits per heavy atom. The SMILES string of the molecule is COC(=O)c1cc(Oc2ccc(N)c(NCc3ccccc3)c2)ccc1N(c1ccc(C)cc1)S(=O)[O-]. The van der Waals surface area contributed by atoms with Gasteiger partial charge in [0.25, 0.3) is 0 Å². The summed E-state index contributed by atoms with van der Waals surface area (Å²) in [6.45, 7) is 2.48. The van der Waals surface area contributed by atoms with Gasteiger partial charge in [-0.3, -0.25) is 8.51 Å². The molecule has 0 fully saturated rings. The first kappa shape index (κ1) is 25.7. The molecule has 0 spiro atoms. The van der Waals surface area contributed by atoms with Crippen molar-refractivity contribution >= 4 is 40.0 Å². The van der Waals surface area contributed by atoms with Gasteiger partial charge in [-0.25, -0.2) is 4.79 Å². The van der Waals surface area contributed by atoms with E-state index in [1.54, 1.807) is 48.5 Å². The molecule has 0 aliphatic carbocycles. The molecule has 0 bridgehead atoms. The number of hydrogen-bond donors (Lipinski definition) is 2. The van der Waals surface area contributed by atoms with Crippen LogP contribution in [0.5, 0.6) is 11.5 Å². The highest BCUT2D eigenvalue weighted by Gasteiger charge is 2.21. The molecule has 0 aliphatic heterocycles. The summed E-state index contributed by atoms with van der Waals surface area (Å²) in [7, 11) is 1.23. The molecule has 0 aromatic heterocycles. The van der Waals surface area contributed by atoms with Crippen LogP contribution in [0.25, 0.3) is 0 Å². The van der Waals surface area contributed by atoms with Crippen LogP contribution in [0.1, 0.15) is 21.5 Å². The molecule has 4 aromatic carbocycles. The first-order valence-electron chi connectivity index (χ1n) is 11.4. The molecular formula is C28H26N3O5S-. The number of nitrogens with one attached hydrogen (secondary N) is 1. The van der Waals surface area contributed by atoms with Crippen molar-refractivity contribution in [1.82, 2.24) is 0 Å². The molecule has 37 heavy (non-hydrogen) atoms. The number of carbonyl (C=O) groups excluding carboxylic acids is 1. The van der Waals surface area contributed by atoms with Crippen LogP contribution in [0.4, 0.5) is 22.7 Å². The Kier molecular flexibility index (Phi) is 8.07. The summed E-state index contributed by atoms with van der Waals surface area (Å²) in [6, 6.07) is 26.5. The minimum Gasteiger partial charge on any atom is -0.755 e. The van der Waals surface area contributed by atoms with E-state index in [0.717, 1.165) is 15.4 Å². The summed E-state index contributed by atoms with van der Waals surface area (Å²) in [6.07, 6.45) is 0. The molecule has 4 rings (SSSR count). The van der Waals surface area contributed by atoms with Crippen LogP contribution >= 0.6 is 0 Å². The van der Waals surface area contributed by atoms with Gasteiger partial charge in [0.1, 0.15) is 11.5 Å². The van der Waals surface area contributed by atoms with E-state index in [-0.39, 0.29) is 11.3 Å². The summed E-state index contributed by atoms with van der Waals surface area (Å²) in [4.78, 5) is 12.6. The Morgan fingerprint density at radius 1 is 0.973 bits per heavy atom. The zero-order valence-corrected chi connectivity index (χ0v) is 21.2. The second kappa shape index (κ2) is 11.6. The number of carbonyl (C=O) groups is 1. The molecule has 0 radical (unpaired) electrons. The van der Waals surface area contributed by atoms with Gasteiger partial charge in [0, 0.05) is 12.6 Å². The summed E-state index contributed by atoms with van der Waals surface area (Å²) in [5.74, 6) is 0.102. The Balaban J connectivity index is 1.63. The number of ether oxygens (including phenoxy) is 2. The van der Waals surface area contributed by atoms with E-state index in [9.17, 15) is 13.6 Å². The maximum Gasteiger partial charge on any atom is 0.340 e. The van der Waals surface area contributed by atoms with Crippen LogP contribution in [-0.4, -0.2) is 21.8 Å². The number of nitrogens with zero attached hydrogens (tertiary/aromatic N) is 1. The lowest BCUT2D eigenvalue weighted by Gasteiger charge is -2.28. The van der Waals surface area contributed by atoms with Gasteiger partial charge >= 0.3 is 5.97 Å². The molecule has 0 heterocycles. The zero-order valence-electron chi connectivity index (χ0n) is 20.3. The Hall–Kier alpha value is -4.34. The third kappa shape index (κ3) is 6.27. The normalized spacial score (nSPS) is 11.4. The monoisotopic (exact) mass is 516 g/mol. The number of benzene rings is 4. The van der Waals surface area contributed by atoms with E-state index in [1.807, 2.05) is 37.3 Å². The number of nitrogen functional groups attached to an aromatic ring is 1. The number of nitrogens with two attached hydrogens (primary N) is 1. The molecule has 8 nitrogen and oxygen atoms in total. The van der Waals surface area contributed by atoms with Gasteiger partial charge in [0.05, 0.1) is 46.7 Å². The van der Waals surface area contributed by atoms with Crippen molar-refractivity contribution in [1.29, 1.82) is 0 Å². The van der Waals surface area contributed by atoms with Crippen molar-refractivity contribution in [2.75, 3.05) is 22.5 Å². The fourth-order valence-electron chi connectivity index (χ4n) is 3.70. The van der Waals surface area contributed by atoms with Crippen molar-refractivity contribution in [2.24, 2.45) is 0 Å². The number of rotatable bonds is 9. The van der Waals surface area contributed by atoms with E-state index in [1.165, 1.54) is 19.2 Å². The van der Waals surface area contributed by atoms with E-state index in [4.69, 9.17) is 15.2 Å². The van der Waals surface area contributed by atoms with Gasteiger partial charge in [-0.05, 0) is 55.0 Å².